The summed E-state index contributed by atoms with van der Waals surface area (Å²) in [5.41, 5.74) is -0.245. The molecule has 0 saturated carbocycles. The van der Waals surface area contributed by atoms with E-state index in [1.807, 2.05) is 0 Å². The van der Waals surface area contributed by atoms with Crippen molar-refractivity contribution >= 4 is 17.6 Å². The summed E-state index contributed by atoms with van der Waals surface area (Å²) in [6.45, 7) is -0.336. The Morgan fingerprint density at radius 2 is 2.14 bits per heavy atom. The number of hydrogen-bond acceptors (Lipinski definition) is 6. The molecule has 1 aromatic rings. The van der Waals surface area contributed by atoms with Crippen LogP contribution in [0.2, 0.25) is 0 Å². The Bertz CT molecular complexity index is 349. The number of nitro groups is 1. The van der Waals surface area contributed by atoms with E-state index in [2.05, 4.69) is 15.3 Å². The molecule has 0 saturated heterocycles. The Labute approximate surface area is 77.8 Å². The molecule has 0 fully saturated rings. The van der Waals surface area contributed by atoms with Gasteiger partial charge in [-0.3, -0.25) is 14.9 Å². The summed E-state index contributed by atoms with van der Waals surface area (Å²) in [5.74, 6) is -1.02. The molecule has 0 radical (unpaired) electrons. The topological polar surface area (TPSA) is 118 Å². The van der Waals surface area contributed by atoms with E-state index in [0.29, 0.717) is 0 Å². The minimum absolute atomic E-state index is 0.0398. The molecule has 0 unspecified atom stereocenters. The molecule has 0 atom stereocenters. The summed E-state index contributed by atoms with van der Waals surface area (Å²) in [5, 5.41) is 20.8. The van der Waals surface area contributed by atoms with Gasteiger partial charge < -0.3 is 10.4 Å². The number of nitrogens with zero attached hydrogens (tertiary/aromatic N) is 3. The van der Waals surface area contributed by atoms with E-state index in [1.54, 1.807) is 0 Å². The molecule has 2 N–H and O–H groups in total. The molecule has 0 bridgehead atoms. The molecule has 0 aliphatic carbocycles. The third kappa shape index (κ3) is 2.66. The molecular weight excluding hydrogens is 192 g/mol. The number of carboxylic acid groups (broad SMARTS) is 1. The Kier molecular flexibility index (Phi) is 2.89. The maximum Gasteiger partial charge on any atom is 0.322 e. The van der Waals surface area contributed by atoms with Crippen molar-refractivity contribution in [2.24, 2.45) is 0 Å². The summed E-state index contributed by atoms with van der Waals surface area (Å²) in [6, 6.07) is 0. The van der Waals surface area contributed by atoms with Crippen molar-refractivity contribution in [2.75, 3.05) is 11.9 Å². The molecule has 1 aromatic heterocycles. The summed E-state index contributed by atoms with van der Waals surface area (Å²) in [7, 11) is 0. The zero-order chi connectivity index (χ0) is 10.6. The predicted molar refractivity (Wildman–Crippen MR) is 44.8 cm³/mol. The normalized spacial score (nSPS) is 9.43. The molecule has 1 heterocycles. The molecule has 0 aliphatic heterocycles. The molecule has 0 aromatic carbocycles. The van der Waals surface area contributed by atoms with Crippen LogP contribution in [0.1, 0.15) is 0 Å². The van der Waals surface area contributed by atoms with Crippen molar-refractivity contribution in [3.05, 3.63) is 22.5 Å². The minimum atomic E-state index is -1.06. The van der Waals surface area contributed by atoms with Crippen molar-refractivity contribution in [3.8, 4) is 0 Å². The fraction of sp³-hybridized carbons (Fsp3) is 0.167. The van der Waals surface area contributed by atoms with Gasteiger partial charge in [-0.05, 0) is 0 Å². The summed E-state index contributed by atoms with van der Waals surface area (Å²) < 4.78 is 0. The van der Waals surface area contributed by atoms with Crippen molar-refractivity contribution in [3.63, 3.8) is 0 Å². The van der Waals surface area contributed by atoms with Crippen LogP contribution in [0.25, 0.3) is 0 Å². The van der Waals surface area contributed by atoms with Gasteiger partial charge in [0.25, 0.3) is 0 Å². The van der Waals surface area contributed by atoms with E-state index in [0.717, 1.165) is 12.4 Å². The summed E-state index contributed by atoms with van der Waals surface area (Å²) in [6.07, 6.45) is 1.99. The SMILES string of the molecule is O=C(O)CNc1ncc([N+](=O)[O-])cn1. The summed E-state index contributed by atoms with van der Waals surface area (Å²) in [4.78, 5) is 26.8. The number of anilines is 1. The standard InChI is InChI=1S/C6H6N4O4/c11-5(12)3-9-6-7-1-4(2-8-6)10(13)14/h1-2H,3H2,(H,11,12)(H,7,8,9). The van der Waals surface area contributed by atoms with Gasteiger partial charge in [0, 0.05) is 0 Å². The molecule has 0 amide bonds. The Hall–Kier alpha value is -2.25. The van der Waals surface area contributed by atoms with Crippen LogP contribution >= 0.6 is 0 Å². The van der Waals surface area contributed by atoms with Gasteiger partial charge in [0.2, 0.25) is 5.95 Å². The maximum absolute atomic E-state index is 10.2. The van der Waals surface area contributed by atoms with Gasteiger partial charge in [-0.1, -0.05) is 0 Å². The second kappa shape index (κ2) is 4.12. The molecular formula is C6H6N4O4. The molecule has 74 valence electrons. The van der Waals surface area contributed by atoms with Crippen LogP contribution in [0.5, 0.6) is 0 Å². The number of rotatable bonds is 4. The molecule has 14 heavy (non-hydrogen) atoms. The lowest BCUT2D eigenvalue weighted by Gasteiger charge is -1.98. The van der Waals surface area contributed by atoms with Crippen LogP contribution in [-0.2, 0) is 4.79 Å². The van der Waals surface area contributed by atoms with Gasteiger partial charge in [-0.2, -0.15) is 0 Å². The van der Waals surface area contributed by atoms with Crippen LogP contribution in [0.3, 0.4) is 0 Å². The van der Waals surface area contributed by atoms with Crippen LogP contribution in [0.4, 0.5) is 11.6 Å². The first-order valence-corrected chi connectivity index (χ1v) is 3.51. The monoisotopic (exact) mass is 198 g/mol. The Morgan fingerprint density at radius 3 is 2.57 bits per heavy atom. The quantitative estimate of drug-likeness (QED) is 0.511. The molecule has 0 spiro atoms. The highest BCUT2D eigenvalue weighted by molar-refractivity contribution is 5.71. The Balaban J connectivity index is 2.64. The number of aliphatic carboxylic acids is 1. The smallest absolute Gasteiger partial charge is 0.322 e. The maximum atomic E-state index is 10.2. The fourth-order valence-corrected chi connectivity index (χ4v) is 0.661. The van der Waals surface area contributed by atoms with Gasteiger partial charge in [-0.25, -0.2) is 9.97 Å². The Morgan fingerprint density at radius 1 is 1.57 bits per heavy atom. The van der Waals surface area contributed by atoms with E-state index < -0.39 is 10.9 Å². The van der Waals surface area contributed by atoms with Gasteiger partial charge in [0.05, 0.1) is 4.92 Å². The highest BCUT2D eigenvalue weighted by Crippen LogP contribution is 2.07. The van der Waals surface area contributed by atoms with Gasteiger partial charge in [0.1, 0.15) is 18.9 Å². The fourth-order valence-electron chi connectivity index (χ4n) is 0.661. The average Bonchev–Trinajstić information content (AvgIpc) is 2.15. The molecule has 1 rings (SSSR count). The van der Waals surface area contributed by atoms with Crippen molar-refractivity contribution < 1.29 is 14.8 Å². The number of carbonyl (C=O) groups is 1. The first kappa shape index (κ1) is 9.84. The first-order chi connectivity index (χ1) is 6.59. The van der Waals surface area contributed by atoms with Crippen molar-refractivity contribution in [1.29, 1.82) is 0 Å². The number of nitrogens with one attached hydrogen (secondary N) is 1. The van der Waals surface area contributed by atoms with Gasteiger partial charge in [0.15, 0.2) is 0 Å². The second-order valence-electron chi connectivity index (χ2n) is 2.27. The van der Waals surface area contributed by atoms with Gasteiger partial charge in [-0.15, -0.1) is 0 Å². The zero-order valence-electron chi connectivity index (χ0n) is 6.88. The second-order valence-corrected chi connectivity index (χ2v) is 2.27. The number of aromatic nitrogens is 2. The van der Waals surface area contributed by atoms with Gasteiger partial charge >= 0.3 is 11.7 Å². The van der Waals surface area contributed by atoms with E-state index in [-0.39, 0.29) is 18.2 Å². The average molecular weight is 198 g/mol. The number of carboxylic acids is 1. The largest absolute Gasteiger partial charge is 0.480 e. The number of hydrogen-bond donors (Lipinski definition) is 2. The van der Waals surface area contributed by atoms with Crippen LogP contribution in [0, 0.1) is 10.1 Å². The van der Waals surface area contributed by atoms with E-state index >= 15 is 0 Å². The van der Waals surface area contributed by atoms with Crippen molar-refractivity contribution in [1.82, 2.24) is 9.97 Å². The van der Waals surface area contributed by atoms with E-state index in [4.69, 9.17) is 5.11 Å². The van der Waals surface area contributed by atoms with E-state index in [9.17, 15) is 14.9 Å². The van der Waals surface area contributed by atoms with Crippen LogP contribution in [0.15, 0.2) is 12.4 Å². The molecule has 8 heteroatoms. The molecule has 0 aliphatic rings. The highest BCUT2D eigenvalue weighted by Gasteiger charge is 2.06. The lowest BCUT2D eigenvalue weighted by atomic mass is 10.5. The first-order valence-electron chi connectivity index (χ1n) is 3.51. The molecule has 8 nitrogen and oxygen atoms in total. The minimum Gasteiger partial charge on any atom is -0.480 e. The van der Waals surface area contributed by atoms with Crippen molar-refractivity contribution in [2.45, 2.75) is 0 Å². The summed E-state index contributed by atoms with van der Waals surface area (Å²) >= 11 is 0. The zero-order valence-corrected chi connectivity index (χ0v) is 6.88. The third-order valence-corrected chi connectivity index (χ3v) is 1.25. The lowest BCUT2D eigenvalue weighted by molar-refractivity contribution is -0.385. The van der Waals surface area contributed by atoms with Crippen LogP contribution < -0.4 is 5.32 Å². The van der Waals surface area contributed by atoms with E-state index in [1.165, 1.54) is 0 Å². The predicted octanol–water partition coefficient (Wildman–Crippen LogP) is -0.119. The highest BCUT2D eigenvalue weighted by atomic mass is 16.6. The third-order valence-electron chi connectivity index (χ3n) is 1.25. The van der Waals surface area contributed by atoms with Crippen LogP contribution in [-0.4, -0.2) is 32.5 Å². The lowest BCUT2D eigenvalue weighted by Crippen LogP contribution is -2.14.